The molecule has 0 amide bonds. The molecule has 8 nitrogen and oxygen atoms in total. The molecule has 248 valence electrons. The van der Waals surface area contributed by atoms with Crippen molar-refractivity contribution in [2.45, 2.75) is 103 Å². The van der Waals surface area contributed by atoms with E-state index in [0.29, 0.717) is 30.7 Å². The van der Waals surface area contributed by atoms with Crippen LogP contribution in [0.25, 0.3) is 0 Å². The number of benzene rings is 1. The van der Waals surface area contributed by atoms with E-state index in [1.807, 2.05) is 25.1 Å². The molecule has 2 fully saturated rings. The maximum absolute atomic E-state index is 10.7. The number of allylic oxidation sites excluding steroid dienone is 1. The number of hydrogen-bond donors (Lipinski definition) is 5. The summed E-state index contributed by atoms with van der Waals surface area (Å²) < 4.78 is 12.4. The Balaban J connectivity index is 1.22. The van der Waals surface area contributed by atoms with E-state index in [9.17, 15) is 15.3 Å². The largest absolute Gasteiger partial charge is 0.592 e. The Morgan fingerprint density at radius 1 is 1.20 bits per heavy atom. The Morgan fingerprint density at radius 2 is 2.07 bits per heavy atom. The van der Waals surface area contributed by atoms with Gasteiger partial charge in [-0.15, -0.1) is 4.99 Å². The monoisotopic (exact) mass is 621 g/mol. The number of phenolic OH excluding ortho intramolecular Hbond substituents is 1. The van der Waals surface area contributed by atoms with Crippen LogP contribution in [0.1, 0.15) is 84.1 Å². The fourth-order valence-electron chi connectivity index (χ4n) is 7.68. The van der Waals surface area contributed by atoms with E-state index in [1.165, 1.54) is 37.0 Å². The lowest BCUT2D eigenvalue weighted by molar-refractivity contribution is 0.123. The van der Waals surface area contributed by atoms with Gasteiger partial charge in [-0.05, 0) is 68.7 Å². The minimum absolute atomic E-state index is 0.0122. The summed E-state index contributed by atoms with van der Waals surface area (Å²) in [6.45, 7) is 8.74. The van der Waals surface area contributed by atoms with Gasteiger partial charge in [0.1, 0.15) is 18.2 Å². The van der Waals surface area contributed by atoms with Crippen molar-refractivity contribution in [3.8, 4) is 11.5 Å². The zero-order valence-corrected chi connectivity index (χ0v) is 27.6. The second-order valence-electron chi connectivity index (χ2n) is 13.4. The van der Waals surface area contributed by atoms with Crippen LogP contribution in [0.2, 0.25) is 0 Å². The molecule has 1 unspecified atom stereocenters. The minimum atomic E-state index is -0.359. The van der Waals surface area contributed by atoms with E-state index >= 15 is 0 Å². The molecule has 2 saturated carbocycles. The number of aryl methyl sites for hydroxylation is 1. The van der Waals surface area contributed by atoms with Crippen LogP contribution in [-0.4, -0.2) is 72.1 Å². The van der Waals surface area contributed by atoms with Crippen molar-refractivity contribution >= 4 is 5.71 Å². The van der Waals surface area contributed by atoms with Crippen LogP contribution in [0.15, 0.2) is 46.7 Å². The summed E-state index contributed by atoms with van der Waals surface area (Å²) in [7, 11) is 0. The first kappa shape index (κ1) is 33.7. The number of nitrogens with one attached hydrogen (secondary N) is 2. The van der Waals surface area contributed by atoms with Gasteiger partial charge in [0.15, 0.2) is 23.3 Å². The number of aliphatic hydroxyl groups excluding tert-OH is 2. The Labute approximate surface area is 270 Å². The van der Waals surface area contributed by atoms with Gasteiger partial charge in [0.25, 0.3) is 0 Å². The number of hydrogen-bond acceptors (Lipinski definition) is 8. The second-order valence-corrected chi connectivity index (χ2v) is 13.4. The van der Waals surface area contributed by atoms with Crippen molar-refractivity contribution in [1.82, 2.24) is 10.6 Å². The molecule has 6 atom stereocenters. The maximum Gasteiger partial charge on any atom is 0.189 e. The van der Waals surface area contributed by atoms with E-state index in [0.717, 1.165) is 80.8 Å². The summed E-state index contributed by atoms with van der Waals surface area (Å²) in [6.07, 6.45) is 14.6. The molecule has 1 aromatic rings. The Morgan fingerprint density at radius 3 is 2.84 bits per heavy atom. The van der Waals surface area contributed by atoms with Gasteiger partial charge < -0.3 is 30.1 Å². The smallest absolute Gasteiger partial charge is 0.189 e. The highest BCUT2D eigenvalue weighted by atomic mass is 16.5. The molecule has 4 aliphatic rings. The van der Waals surface area contributed by atoms with Crippen LogP contribution >= 0.6 is 0 Å². The molecule has 0 aromatic heterocycles. The molecule has 1 aromatic carbocycles. The lowest BCUT2D eigenvalue weighted by atomic mass is 9.80. The summed E-state index contributed by atoms with van der Waals surface area (Å²) in [5.74, 6) is 4.31. The molecule has 2 aliphatic heterocycles. The average Bonchev–Trinajstić information content (AvgIpc) is 3.76. The molecule has 0 spiro atoms. The van der Waals surface area contributed by atoms with Crippen molar-refractivity contribution in [3.05, 3.63) is 59.2 Å². The number of aliphatic hydroxyl groups is 2. The second kappa shape index (κ2) is 16.3. The quantitative estimate of drug-likeness (QED) is 0.147. The molecule has 45 heavy (non-hydrogen) atoms. The molecule has 2 aliphatic carbocycles. The van der Waals surface area contributed by atoms with Crippen LogP contribution < -0.4 is 15.4 Å². The standard InChI is InChI=1S/C37H55N3O5/c1-4-6-10-36-27(22-41)18-28(45-36)14-11-25-12-16-35(43)37(17-25)44-23-34(39-5-2)33-19-30-31(21-38-20-24(3)42)29-9-7-8-26(29)13-15-32(30)40-33/h12,16-19,24,26,29,31,34,36,38-39,41-43H,4-11,13-15,20-23H2,1-3H3/t24-,26+,29-,31+,34-,36?/m0/s1. The third-order valence-electron chi connectivity index (χ3n) is 10.0. The summed E-state index contributed by atoms with van der Waals surface area (Å²) in [5, 5.41) is 37.4. The number of nitrogens with zero attached hydrogens (tertiary/aromatic N) is 1. The Bertz CT molecular complexity index is 1200. The van der Waals surface area contributed by atoms with E-state index in [4.69, 9.17) is 14.5 Å². The van der Waals surface area contributed by atoms with E-state index < -0.39 is 0 Å². The van der Waals surface area contributed by atoms with Gasteiger partial charge in [0.05, 0.1) is 18.1 Å². The molecule has 0 radical (unpaired) electrons. The first-order valence-electron chi connectivity index (χ1n) is 17.5. The van der Waals surface area contributed by atoms with Crippen LogP contribution in [-0.2, 0) is 11.2 Å². The van der Waals surface area contributed by atoms with E-state index in [2.05, 4.69) is 30.6 Å². The topological polar surface area (TPSA) is 116 Å². The molecular formula is C37H55N3O5. The molecule has 0 saturated heterocycles. The van der Waals surface area contributed by atoms with Crippen molar-refractivity contribution < 1.29 is 24.8 Å². The number of phenols is 1. The lowest BCUT2D eigenvalue weighted by Gasteiger charge is -2.26. The SMILES string of the molecule is CCCCC1OC(CCc2ccc(O)c(OC[C@H](NCC)[C+]3C=C4C(=N3)CC[C@H]3CCC[C@@H]3[C@H]4CNC[C@H](C)O)c2)=C[C-]1CO. The first-order chi connectivity index (χ1) is 21.9. The fraction of sp³-hybridized carbons (Fsp3) is 0.649. The highest BCUT2D eigenvalue weighted by Gasteiger charge is 2.47. The van der Waals surface area contributed by atoms with Gasteiger partial charge in [-0.1, -0.05) is 57.8 Å². The molecule has 8 heteroatoms. The molecular weight excluding hydrogens is 566 g/mol. The number of likely N-dealkylation sites (N-methyl/N-ethyl adjacent to an activating group) is 1. The number of aliphatic imine (C=N–C) groups is 1. The van der Waals surface area contributed by atoms with Crippen LogP contribution in [0, 0.1) is 29.7 Å². The Hall–Kier alpha value is -2.65. The number of unbranched alkanes of at least 4 members (excludes halogenated alkanes) is 1. The zero-order chi connectivity index (χ0) is 31.8. The highest BCUT2D eigenvalue weighted by Crippen LogP contribution is 2.47. The fourth-order valence-corrected chi connectivity index (χ4v) is 7.68. The van der Waals surface area contributed by atoms with E-state index in [1.54, 1.807) is 6.07 Å². The summed E-state index contributed by atoms with van der Waals surface area (Å²) in [4.78, 5) is 5.19. The number of aromatic hydroxyl groups is 1. The first-order valence-corrected chi connectivity index (χ1v) is 17.5. The summed E-state index contributed by atoms with van der Waals surface area (Å²) >= 11 is 0. The maximum atomic E-state index is 10.7. The van der Waals surface area contributed by atoms with Crippen LogP contribution in [0.3, 0.4) is 0 Å². The number of ether oxygens (including phenoxy) is 2. The van der Waals surface area contributed by atoms with E-state index in [-0.39, 0.29) is 30.6 Å². The van der Waals surface area contributed by atoms with Crippen LogP contribution in [0.4, 0.5) is 0 Å². The van der Waals surface area contributed by atoms with Gasteiger partial charge in [-0.2, -0.15) is 12.0 Å². The van der Waals surface area contributed by atoms with Crippen molar-refractivity contribution in [1.29, 1.82) is 0 Å². The Kier molecular flexibility index (Phi) is 12.2. The summed E-state index contributed by atoms with van der Waals surface area (Å²) in [6, 6.07) is 6.48. The van der Waals surface area contributed by atoms with Crippen LogP contribution in [0.5, 0.6) is 11.5 Å². The van der Waals surface area contributed by atoms with Gasteiger partial charge in [0, 0.05) is 32.2 Å². The average molecular weight is 622 g/mol. The number of fused-ring (bicyclic) bond motifs is 2. The number of rotatable bonds is 17. The van der Waals surface area contributed by atoms with Crippen molar-refractivity contribution in [2.24, 2.45) is 22.7 Å². The molecule has 5 N–H and O–H groups in total. The van der Waals surface area contributed by atoms with Gasteiger partial charge in [-0.25, -0.2) is 0 Å². The third kappa shape index (κ3) is 8.59. The molecule has 5 rings (SSSR count). The van der Waals surface area contributed by atoms with Crippen molar-refractivity contribution in [2.75, 3.05) is 32.8 Å². The third-order valence-corrected chi connectivity index (χ3v) is 10.0. The van der Waals surface area contributed by atoms with Gasteiger partial charge in [0.2, 0.25) is 0 Å². The lowest BCUT2D eigenvalue weighted by Crippen LogP contribution is -2.38. The molecule has 0 bridgehead atoms. The van der Waals surface area contributed by atoms with Gasteiger partial charge in [-0.3, -0.25) is 5.32 Å². The zero-order valence-electron chi connectivity index (χ0n) is 27.6. The predicted molar refractivity (Wildman–Crippen MR) is 179 cm³/mol. The minimum Gasteiger partial charge on any atom is -0.592 e. The molecule has 2 heterocycles. The predicted octanol–water partition coefficient (Wildman–Crippen LogP) is 5.43. The summed E-state index contributed by atoms with van der Waals surface area (Å²) in [5.41, 5.74) is 3.65. The normalized spacial score (nSPS) is 25.6. The van der Waals surface area contributed by atoms with Crippen molar-refractivity contribution in [3.63, 3.8) is 0 Å². The van der Waals surface area contributed by atoms with Gasteiger partial charge >= 0.3 is 0 Å². The highest BCUT2D eigenvalue weighted by molar-refractivity contribution is 6.04.